The molecule has 1 aromatic carbocycles. The Morgan fingerprint density at radius 3 is 2.65 bits per heavy atom. The lowest BCUT2D eigenvalue weighted by Crippen LogP contribution is -2.14. The quantitative estimate of drug-likeness (QED) is 0.912. The zero-order valence-electron chi connectivity index (χ0n) is 9.93. The molecule has 0 bridgehead atoms. The molecule has 20 heavy (non-hydrogen) atoms. The summed E-state index contributed by atoms with van der Waals surface area (Å²) in [6.45, 7) is 0. The molecule has 1 amide bonds. The molecule has 2 N–H and O–H groups in total. The molecule has 0 fully saturated rings. The van der Waals surface area contributed by atoms with Crippen molar-refractivity contribution in [2.75, 3.05) is 5.32 Å². The van der Waals surface area contributed by atoms with E-state index in [1.165, 1.54) is 30.5 Å². The molecule has 0 saturated heterocycles. The maximum atomic E-state index is 13.4. The third kappa shape index (κ3) is 2.92. The highest BCUT2D eigenvalue weighted by atomic mass is 35.5. The SMILES string of the molecule is O=C(Nc1ccc(Cl)c(C(=O)O)c1)c1ccncc1F. The first-order valence-electron chi connectivity index (χ1n) is 5.42. The molecule has 0 atom stereocenters. The van der Waals surface area contributed by atoms with E-state index in [-0.39, 0.29) is 21.8 Å². The van der Waals surface area contributed by atoms with Gasteiger partial charge in [0.1, 0.15) is 0 Å². The monoisotopic (exact) mass is 294 g/mol. The number of rotatable bonds is 3. The summed E-state index contributed by atoms with van der Waals surface area (Å²) in [5.74, 6) is -2.69. The number of aromatic nitrogens is 1. The van der Waals surface area contributed by atoms with E-state index in [0.717, 1.165) is 6.20 Å². The zero-order chi connectivity index (χ0) is 14.7. The van der Waals surface area contributed by atoms with Crippen LogP contribution in [-0.2, 0) is 0 Å². The lowest BCUT2D eigenvalue weighted by Gasteiger charge is -2.07. The van der Waals surface area contributed by atoms with E-state index in [4.69, 9.17) is 16.7 Å². The molecule has 2 aromatic rings. The topological polar surface area (TPSA) is 79.3 Å². The van der Waals surface area contributed by atoms with E-state index in [0.29, 0.717) is 0 Å². The van der Waals surface area contributed by atoms with E-state index in [2.05, 4.69) is 10.3 Å². The van der Waals surface area contributed by atoms with Gasteiger partial charge in [0.15, 0.2) is 5.82 Å². The van der Waals surface area contributed by atoms with Crippen LogP contribution in [0, 0.1) is 5.82 Å². The van der Waals surface area contributed by atoms with Crippen LogP contribution in [0.25, 0.3) is 0 Å². The predicted molar refractivity (Wildman–Crippen MR) is 70.6 cm³/mol. The van der Waals surface area contributed by atoms with Gasteiger partial charge in [-0.25, -0.2) is 9.18 Å². The highest BCUT2D eigenvalue weighted by Gasteiger charge is 2.14. The molecule has 0 unspecified atom stereocenters. The van der Waals surface area contributed by atoms with Gasteiger partial charge in [-0.05, 0) is 24.3 Å². The van der Waals surface area contributed by atoms with Crippen molar-refractivity contribution in [1.82, 2.24) is 4.98 Å². The number of hydrogen-bond acceptors (Lipinski definition) is 3. The van der Waals surface area contributed by atoms with Crippen molar-refractivity contribution < 1.29 is 19.1 Å². The lowest BCUT2D eigenvalue weighted by molar-refractivity contribution is 0.0696. The van der Waals surface area contributed by atoms with Gasteiger partial charge in [0.2, 0.25) is 0 Å². The van der Waals surface area contributed by atoms with Gasteiger partial charge in [0.05, 0.1) is 22.3 Å². The zero-order valence-corrected chi connectivity index (χ0v) is 10.7. The summed E-state index contributed by atoms with van der Waals surface area (Å²) >= 11 is 5.71. The van der Waals surface area contributed by atoms with Crippen LogP contribution in [0.2, 0.25) is 5.02 Å². The van der Waals surface area contributed by atoms with Gasteiger partial charge >= 0.3 is 5.97 Å². The van der Waals surface area contributed by atoms with Crippen LogP contribution in [0.5, 0.6) is 0 Å². The average Bonchev–Trinajstić information content (AvgIpc) is 2.41. The number of pyridine rings is 1. The van der Waals surface area contributed by atoms with Crippen molar-refractivity contribution >= 4 is 29.2 Å². The first-order valence-corrected chi connectivity index (χ1v) is 5.80. The van der Waals surface area contributed by atoms with Crippen molar-refractivity contribution in [1.29, 1.82) is 0 Å². The van der Waals surface area contributed by atoms with Crippen molar-refractivity contribution in [2.45, 2.75) is 0 Å². The summed E-state index contributed by atoms with van der Waals surface area (Å²) in [7, 11) is 0. The molecule has 1 aromatic heterocycles. The number of halogens is 2. The maximum absolute atomic E-state index is 13.4. The number of hydrogen-bond donors (Lipinski definition) is 2. The number of benzene rings is 1. The van der Waals surface area contributed by atoms with Crippen LogP contribution in [0.4, 0.5) is 10.1 Å². The fourth-order valence-electron chi connectivity index (χ4n) is 1.52. The Morgan fingerprint density at radius 1 is 1.25 bits per heavy atom. The van der Waals surface area contributed by atoms with Crippen LogP contribution in [0.1, 0.15) is 20.7 Å². The largest absolute Gasteiger partial charge is 0.478 e. The number of nitrogens with one attached hydrogen (secondary N) is 1. The van der Waals surface area contributed by atoms with Crippen molar-refractivity contribution in [3.8, 4) is 0 Å². The molecule has 0 aliphatic rings. The summed E-state index contributed by atoms with van der Waals surface area (Å²) in [6.07, 6.45) is 2.20. The van der Waals surface area contributed by atoms with Gasteiger partial charge < -0.3 is 10.4 Å². The molecular formula is C13H8ClFN2O3. The molecule has 2 rings (SSSR count). The highest BCUT2D eigenvalue weighted by Crippen LogP contribution is 2.21. The van der Waals surface area contributed by atoms with Crippen molar-refractivity contribution in [3.63, 3.8) is 0 Å². The number of carbonyl (C=O) groups excluding carboxylic acids is 1. The molecule has 0 aliphatic heterocycles. The third-order valence-corrected chi connectivity index (χ3v) is 2.80. The second kappa shape index (κ2) is 5.66. The first-order chi connectivity index (χ1) is 9.49. The molecule has 0 spiro atoms. The minimum Gasteiger partial charge on any atom is -0.478 e. The number of carboxylic acids is 1. The lowest BCUT2D eigenvalue weighted by atomic mass is 10.2. The van der Waals surface area contributed by atoms with Crippen LogP contribution in [0.15, 0.2) is 36.7 Å². The second-order valence-electron chi connectivity index (χ2n) is 3.81. The number of carbonyl (C=O) groups is 2. The fourth-order valence-corrected chi connectivity index (χ4v) is 1.72. The molecule has 7 heteroatoms. The summed E-state index contributed by atoms with van der Waals surface area (Å²) in [4.78, 5) is 26.3. The average molecular weight is 295 g/mol. The molecule has 102 valence electrons. The van der Waals surface area contributed by atoms with Gasteiger partial charge in [-0.2, -0.15) is 0 Å². The Morgan fingerprint density at radius 2 is 2.00 bits per heavy atom. The maximum Gasteiger partial charge on any atom is 0.337 e. The second-order valence-corrected chi connectivity index (χ2v) is 4.22. The van der Waals surface area contributed by atoms with E-state index in [1.54, 1.807) is 0 Å². The van der Waals surface area contributed by atoms with Gasteiger partial charge in [0.25, 0.3) is 5.91 Å². The van der Waals surface area contributed by atoms with Gasteiger partial charge in [0, 0.05) is 11.9 Å². The number of amides is 1. The Labute approximate surface area is 118 Å². The molecule has 5 nitrogen and oxygen atoms in total. The van der Waals surface area contributed by atoms with E-state index >= 15 is 0 Å². The van der Waals surface area contributed by atoms with E-state index in [9.17, 15) is 14.0 Å². The van der Waals surface area contributed by atoms with Gasteiger partial charge in [-0.3, -0.25) is 9.78 Å². The Kier molecular flexibility index (Phi) is 3.95. The summed E-state index contributed by atoms with van der Waals surface area (Å²) < 4.78 is 13.4. The van der Waals surface area contributed by atoms with Gasteiger partial charge in [-0.1, -0.05) is 11.6 Å². The third-order valence-electron chi connectivity index (χ3n) is 2.47. The predicted octanol–water partition coefficient (Wildman–Crippen LogP) is 2.82. The number of aromatic carboxylic acids is 1. The highest BCUT2D eigenvalue weighted by molar-refractivity contribution is 6.33. The van der Waals surface area contributed by atoms with Crippen molar-refractivity contribution in [2.24, 2.45) is 0 Å². The standard InChI is InChI=1S/C13H8ClFN2O3/c14-10-2-1-7(5-9(10)13(19)20)17-12(18)8-3-4-16-6-11(8)15/h1-6H,(H,17,18)(H,19,20). The van der Waals surface area contributed by atoms with Crippen LogP contribution < -0.4 is 5.32 Å². The van der Waals surface area contributed by atoms with Crippen LogP contribution in [0.3, 0.4) is 0 Å². The molecule has 0 saturated carbocycles. The summed E-state index contributed by atoms with van der Waals surface area (Å²) in [5, 5.41) is 11.4. The molecule has 0 radical (unpaired) electrons. The Hall–Kier alpha value is -2.47. The molecule has 1 heterocycles. The normalized spacial score (nSPS) is 10.1. The Balaban J connectivity index is 2.27. The summed E-state index contributed by atoms with van der Waals surface area (Å²) in [6, 6.07) is 5.18. The van der Waals surface area contributed by atoms with Crippen molar-refractivity contribution in [3.05, 3.63) is 58.6 Å². The summed E-state index contributed by atoms with van der Waals surface area (Å²) in [5.41, 5.74) is -0.139. The minimum absolute atomic E-state index is 0.0468. The smallest absolute Gasteiger partial charge is 0.337 e. The van der Waals surface area contributed by atoms with Gasteiger partial charge in [-0.15, -0.1) is 0 Å². The van der Waals surface area contributed by atoms with E-state index < -0.39 is 17.7 Å². The van der Waals surface area contributed by atoms with E-state index in [1.807, 2.05) is 0 Å². The fraction of sp³-hybridized carbons (Fsp3) is 0. The molecular weight excluding hydrogens is 287 g/mol. The number of anilines is 1. The van der Waals surface area contributed by atoms with Crippen LogP contribution in [-0.4, -0.2) is 22.0 Å². The molecule has 0 aliphatic carbocycles. The van der Waals surface area contributed by atoms with Crippen LogP contribution >= 0.6 is 11.6 Å². The Bertz CT molecular complexity index is 691. The minimum atomic E-state index is -1.22. The number of carboxylic acid groups (broad SMARTS) is 1. The first kappa shape index (κ1) is 14.0. The number of nitrogens with zero attached hydrogens (tertiary/aromatic N) is 1.